The fourth-order valence-corrected chi connectivity index (χ4v) is 5.74. The van der Waals surface area contributed by atoms with E-state index in [2.05, 4.69) is 52.8 Å². The second-order valence-corrected chi connectivity index (χ2v) is 11.7. The van der Waals surface area contributed by atoms with Crippen LogP contribution in [0.1, 0.15) is 57.1 Å². The van der Waals surface area contributed by atoms with Crippen molar-refractivity contribution in [1.29, 1.82) is 0 Å². The van der Waals surface area contributed by atoms with Gasteiger partial charge in [0, 0.05) is 44.6 Å². The van der Waals surface area contributed by atoms with Crippen molar-refractivity contribution in [3.8, 4) is 5.75 Å². The summed E-state index contributed by atoms with van der Waals surface area (Å²) in [5, 5.41) is 3.38. The van der Waals surface area contributed by atoms with E-state index in [0.29, 0.717) is 25.4 Å². The molecule has 1 N–H and O–H groups in total. The molecule has 38 heavy (non-hydrogen) atoms. The molecule has 0 saturated carbocycles. The fraction of sp³-hybridized carbons (Fsp3) is 0.567. The Morgan fingerprint density at radius 1 is 0.974 bits per heavy atom. The highest BCUT2D eigenvalue weighted by molar-refractivity contribution is 5.77. The number of hydrogen-bond donors (Lipinski definition) is 1. The Kier molecular flexibility index (Phi) is 9.04. The van der Waals surface area contributed by atoms with E-state index in [0.717, 1.165) is 50.1 Å². The van der Waals surface area contributed by atoms with E-state index >= 15 is 0 Å². The number of nitrogens with one attached hydrogen (secondary N) is 1. The van der Waals surface area contributed by atoms with E-state index < -0.39 is 6.36 Å². The molecule has 2 aromatic rings. The van der Waals surface area contributed by atoms with Crippen LogP contribution in [0.2, 0.25) is 0 Å². The van der Waals surface area contributed by atoms with Crippen molar-refractivity contribution in [2.75, 3.05) is 39.3 Å². The number of piperidine rings is 1. The largest absolute Gasteiger partial charge is 0.573 e. The predicted molar refractivity (Wildman–Crippen MR) is 143 cm³/mol. The number of ether oxygens (including phenoxy) is 1. The number of alkyl halides is 3. The molecule has 0 aromatic heterocycles. The highest BCUT2D eigenvalue weighted by atomic mass is 19.4. The molecule has 2 heterocycles. The Morgan fingerprint density at radius 2 is 1.61 bits per heavy atom. The average molecular weight is 532 g/mol. The zero-order chi connectivity index (χ0) is 27.3. The van der Waals surface area contributed by atoms with Crippen molar-refractivity contribution in [3.05, 3.63) is 65.7 Å². The second-order valence-electron chi connectivity index (χ2n) is 11.7. The van der Waals surface area contributed by atoms with Gasteiger partial charge in [0.05, 0.1) is 0 Å². The molecule has 0 spiro atoms. The van der Waals surface area contributed by atoms with Crippen LogP contribution in [-0.2, 0) is 4.79 Å². The van der Waals surface area contributed by atoms with Gasteiger partial charge < -0.3 is 15.0 Å². The van der Waals surface area contributed by atoms with E-state index in [9.17, 15) is 18.0 Å². The van der Waals surface area contributed by atoms with Crippen LogP contribution in [0, 0.1) is 11.3 Å². The van der Waals surface area contributed by atoms with Gasteiger partial charge >= 0.3 is 6.36 Å². The molecule has 2 atom stereocenters. The van der Waals surface area contributed by atoms with Crippen LogP contribution < -0.4 is 10.1 Å². The molecule has 4 rings (SSSR count). The molecule has 208 valence electrons. The van der Waals surface area contributed by atoms with E-state index in [1.54, 1.807) is 12.1 Å². The van der Waals surface area contributed by atoms with Gasteiger partial charge in [-0.05, 0) is 60.5 Å². The number of halogens is 3. The van der Waals surface area contributed by atoms with Gasteiger partial charge in [-0.25, -0.2) is 0 Å². The predicted octanol–water partition coefficient (Wildman–Crippen LogP) is 5.67. The number of amides is 1. The highest BCUT2D eigenvalue weighted by Gasteiger charge is 2.39. The van der Waals surface area contributed by atoms with Crippen LogP contribution in [0.3, 0.4) is 0 Å². The third kappa shape index (κ3) is 7.73. The van der Waals surface area contributed by atoms with Gasteiger partial charge in [-0.15, -0.1) is 13.2 Å². The summed E-state index contributed by atoms with van der Waals surface area (Å²) < 4.78 is 42.1. The molecule has 2 aliphatic rings. The topological polar surface area (TPSA) is 44.8 Å². The van der Waals surface area contributed by atoms with Crippen molar-refractivity contribution in [3.63, 3.8) is 0 Å². The van der Waals surface area contributed by atoms with Crippen molar-refractivity contribution < 1.29 is 22.7 Å². The molecule has 0 aliphatic carbocycles. The Hall–Kier alpha value is -2.58. The van der Waals surface area contributed by atoms with Crippen LogP contribution in [-0.4, -0.2) is 67.4 Å². The number of piperazine rings is 1. The lowest BCUT2D eigenvalue weighted by molar-refractivity contribution is -0.274. The van der Waals surface area contributed by atoms with Crippen LogP contribution in [0.25, 0.3) is 0 Å². The van der Waals surface area contributed by atoms with Gasteiger partial charge in [-0.3, -0.25) is 9.69 Å². The molecule has 1 amide bonds. The fourth-order valence-electron chi connectivity index (χ4n) is 5.74. The standard InChI is InChI=1S/C30H40F3N3O2/c1-29(2,3)27-21-35(17-18-36(27)28(37)19-22-13-15-34-16-14-22)20-26(23-7-5-4-6-8-23)24-9-11-25(12-10-24)38-30(31,32)33/h4-12,22,26-27,34H,13-21H2,1-3H3. The maximum absolute atomic E-state index is 13.4. The van der Waals surface area contributed by atoms with E-state index in [1.165, 1.54) is 12.1 Å². The van der Waals surface area contributed by atoms with Gasteiger partial charge in [0.2, 0.25) is 5.91 Å². The third-order valence-corrected chi connectivity index (χ3v) is 7.87. The Balaban J connectivity index is 1.50. The lowest BCUT2D eigenvalue weighted by atomic mass is 9.82. The van der Waals surface area contributed by atoms with Gasteiger partial charge in [0.1, 0.15) is 5.75 Å². The second kappa shape index (κ2) is 12.1. The molecule has 0 radical (unpaired) electrons. The van der Waals surface area contributed by atoms with Crippen LogP contribution in [0.4, 0.5) is 13.2 Å². The van der Waals surface area contributed by atoms with Gasteiger partial charge in [0.25, 0.3) is 0 Å². The van der Waals surface area contributed by atoms with Crippen molar-refractivity contribution >= 4 is 5.91 Å². The highest BCUT2D eigenvalue weighted by Crippen LogP contribution is 2.33. The minimum atomic E-state index is -4.71. The molecular formula is C30H40F3N3O2. The lowest BCUT2D eigenvalue weighted by Crippen LogP contribution is -2.60. The Morgan fingerprint density at radius 3 is 2.21 bits per heavy atom. The SMILES string of the molecule is CC(C)(C)C1CN(CC(c2ccccc2)c2ccc(OC(F)(F)F)cc2)CCN1C(=O)CC1CCNCC1. The first kappa shape index (κ1) is 28.4. The van der Waals surface area contributed by atoms with Gasteiger partial charge in [0.15, 0.2) is 0 Å². The van der Waals surface area contributed by atoms with E-state index in [4.69, 9.17) is 0 Å². The van der Waals surface area contributed by atoms with Crippen molar-refractivity contribution in [1.82, 2.24) is 15.1 Å². The van der Waals surface area contributed by atoms with E-state index in [-0.39, 0.29) is 29.0 Å². The average Bonchev–Trinajstić information content (AvgIpc) is 2.87. The van der Waals surface area contributed by atoms with E-state index in [1.807, 2.05) is 18.2 Å². The Bertz CT molecular complexity index is 1030. The molecule has 2 saturated heterocycles. The molecular weight excluding hydrogens is 491 g/mol. The number of rotatable bonds is 7. The zero-order valence-corrected chi connectivity index (χ0v) is 22.6. The van der Waals surface area contributed by atoms with Crippen molar-refractivity contribution in [2.45, 2.75) is 58.4 Å². The summed E-state index contributed by atoms with van der Waals surface area (Å²) in [7, 11) is 0. The first-order chi connectivity index (χ1) is 18.0. The number of carbonyl (C=O) groups is 1. The maximum atomic E-state index is 13.4. The monoisotopic (exact) mass is 531 g/mol. The number of hydrogen-bond acceptors (Lipinski definition) is 4. The molecule has 5 nitrogen and oxygen atoms in total. The summed E-state index contributed by atoms with van der Waals surface area (Å²) in [6.07, 6.45) is -1.99. The summed E-state index contributed by atoms with van der Waals surface area (Å²) in [5.74, 6) is 0.473. The van der Waals surface area contributed by atoms with Crippen LogP contribution in [0.5, 0.6) is 5.75 Å². The number of carbonyl (C=O) groups excluding carboxylic acids is 1. The van der Waals surface area contributed by atoms with Crippen LogP contribution in [0.15, 0.2) is 54.6 Å². The molecule has 2 unspecified atom stereocenters. The number of nitrogens with zero attached hydrogens (tertiary/aromatic N) is 2. The quantitative estimate of drug-likeness (QED) is 0.501. The molecule has 0 bridgehead atoms. The molecule has 2 aromatic carbocycles. The van der Waals surface area contributed by atoms with Crippen molar-refractivity contribution in [2.24, 2.45) is 11.3 Å². The summed E-state index contributed by atoms with van der Waals surface area (Å²) >= 11 is 0. The summed E-state index contributed by atoms with van der Waals surface area (Å²) in [6, 6.07) is 16.3. The minimum absolute atomic E-state index is 0.0197. The van der Waals surface area contributed by atoms with Crippen LogP contribution >= 0.6 is 0 Å². The summed E-state index contributed by atoms with van der Waals surface area (Å²) in [5.41, 5.74) is 1.96. The smallest absolute Gasteiger partial charge is 0.406 e. The lowest BCUT2D eigenvalue weighted by Gasteiger charge is -2.48. The first-order valence-electron chi connectivity index (χ1n) is 13.6. The third-order valence-electron chi connectivity index (χ3n) is 7.87. The Labute approximate surface area is 224 Å². The minimum Gasteiger partial charge on any atom is -0.406 e. The van der Waals surface area contributed by atoms with Gasteiger partial charge in [-0.2, -0.15) is 0 Å². The summed E-state index contributed by atoms with van der Waals surface area (Å²) in [6.45, 7) is 11.5. The van der Waals surface area contributed by atoms with Gasteiger partial charge in [-0.1, -0.05) is 63.2 Å². The molecule has 2 aliphatic heterocycles. The summed E-state index contributed by atoms with van der Waals surface area (Å²) in [4.78, 5) is 17.9. The number of benzene rings is 2. The molecule has 8 heteroatoms. The first-order valence-corrected chi connectivity index (χ1v) is 13.6. The maximum Gasteiger partial charge on any atom is 0.573 e. The zero-order valence-electron chi connectivity index (χ0n) is 22.6. The molecule has 2 fully saturated rings. The normalized spacial score (nSPS) is 20.8.